The number of carbonyl (C=O) groups excluding carboxylic acids is 2. The number of nitrogens with zero attached hydrogens (tertiary/aromatic N) is 3. The fraction of sp³-hybridized carbons (Fsp3) is 0.136. The number of ether oxygens (including phenoxy) is 2. The number of nitriles is 1. The van der Waals surface area contributed by atoms with Crippen molar-refractivity contribution in [3.63, 3.8) is 0 Å². The molecule has 1 aliphatic rings. The minimum Gasteiger partial charge on any atom is -0.466 e. The monoisotopic (exact) mass is 468 g/mol. The number of non-ortho nitro benzene ring substituents is 1. The lowest BCUT2D eigenvalue weighted by molar-refractivity contribution is -0.384. The molecule has 0 aromatic heterocycles. The van der Waals surface area contributed by atoms with E-state index in [1.54, 1.807) is 0 Å². The van der Waals surface area contributed by atoms with Crippen molar-refractivity contribution in [2.45, 2.75) is 5.92 Å². The molecule has 0 saturated carbocycles. The first-order valence-corrected chi connectivity index (χ1v) is 9.73. The molecule has 33 heavy (non-hydrogen) atoms. The lowest BCUT2D eigenvalue weighted by atomic mass is 9.80. The molecule has 11 heteroatoms. The van der Waals surface area contributed by atoms with Gasteiger partial charge in [0.25, 0.3) is 5.69 Å². The highest BCUT2D eigenvalue weighted by Crippen LogP contribution is 2.43. The largest absolute Gasteiger partial charge is 0.466 e. The number of hydrogen-bond donors (Lipinski definition) is 1. The number of esters is 2. The summed E-state index contributed by atoms with van der Waals surface area (Å²) in [4.78, 5) is 37.8. The maximum Gasteiger partial charge on any atom is 0.355 e. The molecule has 0 saturated heterocycles. The lowest BCUT2D eigenvalue weighted by Gasteiger charge is -2.35. The molecule has 1 heterocycles. The minimum atomic E-state index is -1.22. The van der Waals surface area contributed by atoms with Crippen LogP contribution in [0, 0.1) is 21.4 Å². The molecule has 0 aliphatic carbocycles. The summed E-state index contributed by atoms with van der Waals surface area (Å²) in [5.41, 5.74) is 5.92. The van der Waals surface area contributed by atoms with Crippen LogP contribution in [0.3, 0.4) is 0 Å². The number of halogens is 1. The molecule has 0 radical (unpaired) electrons. The average molecular weight is 469 g/mol. The van der Waals surface area contributed by atoms with E-state index in [0.717, 1.165) is 14.2 Å². The van der Waals surface area contributed by atoms with Gasteiger partial charge < -0.3 is 15.2 Å². The van der Waals surface area contributed by atoms with Crippen LogP contribution in [-0.4, -0.2) is 31.1 Å². The van der Waals surface area contributed by atoms with Crippen molar-refractivity contribution in [3.05, 3.63) is 91.9 Å². The van der Waals surface area contributed by atoms with Crippen molar-refractivity contribution in [1.82, 2.24) is 0 Å². The molecule has 2 aromatic carbocycles. The number of methoxy groups -OCH3 is 2. The van der Waals surface area contributed by atoms with E-state index in [1.807, 2.05) is 6.07 Å². The highest BCUT2D eigenvalue weighted by atomic mass is 35.5. The molecule has 1 unspecified atom stereocenters. The Morgan fingerprint density at radius 2 is 1.79 bits per heavy atom. The second-order valence-corrected chi connectivity index (χ2v) is 7.19. The van der Waals surface area contributed by atoms with Crippen molar-refractivity contribution in [1.29, 1.82) is 5.26 Å². The van der Waals surface area contributed by atoms with Gasteiger partial charge in [-0.2, -0.15) is 5.26 Å². The van der Waals surface area contributed by atoms with Crippen LogP contribution in [-0.2, 0) is 19.1 Å². The lowest BCUT2D eigenvalue weighted by Crippen LogP contribution is -2.40. The molecule has 2 aromatic rings. The molecular weight excluding hydrogens is 452 g/mol. The first kappa shape index (κ1) is 23.3. The zero-order valence-corrected chi connectivity index (χ0v) is 18.2. The zero-order valence-electron chi connectivity index (χ0n) is 17.4. The summed E-state index contributed by atoms with van der Waals surface area (Å²) in [6.45, 7) is 0. The van der Waals surface area contributed by atoms with Crippen LogP contribution in [0.15, 0.2) is 71.2 Å². The van der Waals surface area contributed by atoms with Gasteiger partial charge in [0.15, 0.2) is 0 Å². The molecule has 0 bridgehead atoms. The fourth-order valence-electron chi connectivity index (χ4n) is 3.54. The number of anilines is 1. The molecule has 10 nitrogen and oxygen atoms in total. The molecule has 0 spiro atoms. The van der Waals surface area contributed by atoms with Gasteiger partial charge in [-0.1, -0.05) is 23.7 Å². The summed E-state index contributed by atoms with van der Waals surface area (Å²) >= 11 is 5.97. The summed E-state index contributed by atoms with van der Waals surface area (Å²) < 4.78 is 9.83. The summed E-state index contributed by atoms with van der Waals surface area (Å²) in [5, 5.41) is 21.7. The van der Waals surface area contributed by atoms with E-state index >= 15 is 0 Å². The Hall–Kier alpha value is -4.36. The average Bonchev–Trinajstić information content (AvgIpc) is 2.82. The van der Waals surface area contributed by atoms with Gasteiger partial charge in [-0.3, -0.25) is 15.0 Å². The molecule has 2 N–H and O–H groups in total. The SMILES string of the molecule is COC(=O)C1=C(C(=O)OC)N(c2ccc(Cl)cc2)C(N)=C(C#N)C1c1cccc([N+](=O)[O-])c1. The van der Waals surface area contributed by atoms with Crippen molar-refractivity contribution < 1.29 is 24.0 Å². The van der Waals surface area contributed by atoms with Crippen LogP contribution in [0.1, 0.15) is 11.5 Å². The van der Waals surface area contributed by atoms with Gasteiger partial charge in [-0.15, -0.1) is 0 Å². The molecule has 168 valence electrons. The predicted molar refractivity (Wildman–Crippen MR) is 118 cm³/mol. The number of benzene rings is 2. The second-order valence-electron chi connectivity index (χ2n) is 6.75. The molecule has 0 amide bonds. The van der Waals surface area contributed by atoms with E-state index in [4.69, 9.17) is 26.8 Å². The van der Waals surface area contributed by atoms with Crippen LogP contribution < -0.4 is 10.6 Å². The van der Waals surface area contributed by atoms with Gasteiger partial charge in [0, 0.05) is 22.8 Å². The van der Waals surface area contributed by atoms with Crippen molar-refractivity contribution in [2.75, 3.05) is 19.1 Å². The van der Waals surface area contributed by atoms with Crippen LogP contribution in [0.25, 0.3) is 0 Å². The van der Waals surface area contributed by atoms with E-state index < -0.39 is 22.8 Å². The number of nitro groups is 1. The van der Waals surface area contributed by atoms with Crippen molar-refractivity contribution >= 4 is 34.9 Å². The Kier molecular flexibility index (Phi) is 6.65. The Morgan fingerprint density at radius 1 is 1.15 bits per heavy atom. The van der Waals surface area contributed by atoms with E-state index in [1.165, 1.54) is 53.4 Å². The van der Waals surface area contributed by atoms with Crippen molar-refractivity contribution in [2.24, 2.45) is 5.73 Å². The third-order valence-electron chi connectivity index (χ3n) is 4.98. The molecule has 3 rings (SSSR count). The summed E-state index contributed by atoms with van der Waals surface area (Å²) in [5.74, 6) is -3.25. The molecule has 1 aliphatic heterocycles. The quantitative estimate of drug-likeness (QED) is 0.396. The van der Waals surface area contributed by atoms with Gasteiger partial charge in [0.2, 0.25) is 0 Å². The maximum atomic E-state index is 13.0. The Morgan fingerprint density at radius 3 is 2.33 bits per heavy atom. The van der Waals surface area contributed by atoms with E-state index in [0.29, 0.717) is 10.7 Å². The third-order valence-corrected chi connectivity index (χ3v) is 5.23. The third kappa shape index (κ3) is 4.22. The number of hydrogen-bond acceptors (Lipinski definition) is 9. The summed E-state index contributed by atoms with van der Waals surface area (Å²) in [7, 11) is 2.22. The second kappa shape index (κ2) is 9.42. The smallest absolute Gasteiger partial charge is 0.355 e. The van der Waals surface area contributed by atoms with E-state index in [9.17, 15) is 25.0 Å². The molecule has 0 fully saturated rings. The highest BCUT2D eigenvalue weighted by Gasteiger charge is 2.43. The molecule has 1 atom stereocenters. The van der Waals surface area contributed by atoms with Crippen LogP contribution >= 0.6 is 11.6 Å². The van der Waals surface area contributed by atoms with Crippen LogP contribution in [0.5, 0.6) is 0 Å². The first-order chi connectivity index (χ1) is 15.7. The van der Waals surface area contributed by atoms with E-state index in [-0.39, 0.29) is 33.9 Å². The topological polar surface area (TPSA) is 149 Å². The summed E-state index contributed by atoms with van der Waals surface area (Å²) in [6, 6.07) is 13.5. The van der Waals surface area contributed by atoms with Gasteiger partial charge in [0.05, 0.1) is 42.3 Å². The van der Waals surface area contributed by atoms with Crippen molar-refractivity contribution in [3.8, 4) is 6.07 Å². The highest BCUT2D eigenvalue weighted by molar-refractivity contribution is 6.30. The van der Waals surface area contributed by atoms with Gasteiger partial charge >= 0.3 is 11.9 Å². The Bertz CT molecular complexity index is 1250. The van der Waals surface area contributed by atoms with Gasteiger partial charge in [-0.25, -0.2) is 9.59 Å². The standard InChI is InChI=1S/C22H17ClN4O6/c1-32-21(28)18-17(12-4-3-5-15(10-12)27(30)31)16(11-24)20(25)26(19(18)22(29)33-2)14-8-6-13(23)7-9-14/h3-10,17H,25H2,1-2H3. The minimum absolute atomic E-state index is 0.112. The fourth-order valence-corrected chi connectivity index (χ4v) is 3.67. The van der Waals surface area contributed by atoms with Gasteiger partial charge in [-0.05, 0) is 29.8 Å². The number of carbonyl (C=O) groups is 2. The van der Waals surface area contributed by atoms with Gasteiger partial charge in [0.1, 0.15) is 11.5 Å². The molecular formula is C22H17ClN4O6. The Balaban J connectivity index is 2.41. The predicted octanol–water partition coefficient (Wildman–Crippen LogP) is 3.15. The number of nitrogens with two attached hydrogens (primary N) is 1. The van der Waals surface area contributed by atoms with Crippen LogP contribution in [0.4, 0.5) is 11.4 Å². The van der Waals surface area contributed by atoms with E-state index in [2.05, 4.69) is 0 Å². The maximum absolute atomic E-state index is 13.0. The zero-order chi connectivity index (χ0) is 24.3. The summed E-state index contributed by atoms with van der Waals surface area (Å²) in [6.07, 6.45) is 0. The van der Waals surface area contributed by atoms with Crippen LogP contribution in [0.2, 0.25) is 5.02 Å². The Labute approximate surface area is 193 Å². The first-order valence-electron chi connectivity index (χ1n) is 9.35. The number of nitro benzene ring substituents is 1. The normalized spacial score (nSPS) is 15.7. The number of allylic oxidation sites excluding steroid dienone is 1. The number of rotatable bonds is 5.